The molecule has 0 radical (unpaired) electrons. The van der Waals surface area contributed by atoms with Crippen LogP contribution in [0.1, 0.15) is 61.3 Å². The maximum Gasteiger partial charge on any atom is 0.322 e. The molecule has 1 fully saturated rings. The minimum Gasteiger partial charge on any atom is -0.459 e. The fourth-order valence-electron chi connectivity index (χ4n) is 6.35. The lowest BCUT2D eigenvalue weighted by molar-refractivity contribution is -0.192. The number of ether oxygens (including phenoxy) is 1. The molecule has 13 nitrogen and oxygen atoms in total. The van der Waals surface area contributed by atoms with Crippen molar-refractivity contribution in [3.8, 4) is 0 Å². The molecule has 14 heteroatoms. The van der Waals surface area contributed by atoms with Crippen LogP contribution >= 0.6 is 0 Å². The second kappa shape index (κ2) is 15.5. The van der Waals surface area contributed by atoms with Gasteiger partial charge in [-0.2, -0.15) is 0 Å². The van der Waals surface area contributed by atoms with Gasteiger partial charge in [0.15, 0.2) is 0 Å². The Labute approximate surface area is 283 Å². The van der Waals surface area contributed by atoms with Gasteiger partial charge in [-0.15, -0.1) is 0 Å². The van der Waals surface area contributed by atoms with E-state index in [4.69, 9.17) is 4.74 Å². The number of nitrogens with zero attached hydrogens (tertiary/aromatic N) is 1. The number of carbonyl (C=O) groups excluding carboxylic acids is 2. The number of esters is 1. The molecule has 1 saturated heterocycles. The number of para-hydroxylation sites is 1. The molecule has 0 aliphatic carbocycles. The van der Waals surface area contributed by atoms with E-state index in [-0.39, 0.29) is 30.0 Å². The van der Waals surface area contributed by atoms with Gasteiger partial charge in [-0.1, -0.05) is 39.0 Å². The minimum atomic E-state index is -3.91. The summed E-state index contributed by atoms with van der Waals surface area (Å²) in [6.07, 6.45) is -5.67. The van der Waals surface area contributed by atoms with Crippen LogP contribution in [0.4, 0.5) is 16.2 Å². The van der Waals surface area contributed by atoms with Gasteiger partial charge in [0.2, 0.25) is 0 Å². The van der Waals surface area contributed by atoms with Gasteiger partial charge in [-0.3, -0.25) is 9.52 Å². The van der Waals surface area contributed by atoms with Crippen LogP contribution in [0.25, 0.3) is 0 Å². The number of nitrogens with one attached hydrogen (secondary N) is 2. The molecule has 0 unspecified atom stereocenters. The van der Waals surface area contributed by atoms with Crippen molar-refractivity contribution in [3.05, 3.63) is 54.6 Å². The van der Waals surface area contributed by atoms with Crippen LogP contribution in [0.5, 0.6) is 0 Å². The van der Waals surface area contributed by atoms with E-state index < -0.39 is 81.4 Å². The Morgan fingerprint density at radius 2 is 1.52 bits per heavy atom. The number of urea groups is 1. The normalized spacial score (nSPS) is 34.3. The molecule has 0 saturated carbocycles. The number of aliphatic hydroxyl groups is 5. The lowest BCUT2D eigenvalue weighted by atomic mass is 9.78. The summed E-state index contributed by atoms with van der Waals surface area (Å²) in [5.74, 6) is -3.44. The average molecular weight is 694 g/mol. The van der Waals surface area contributed by atoms with Crippen LogP contribution in [0.3, 0.4) is 0 Å². The summed E-state index contributed by atoms with van der Waals surface area (Å²) in [7, 11) is -3.91. The first-order valence-corrected chi connectivity index (χ1v) is 17.7. The number of aliphatic hydroxyl groups excluding tert-OH is 3. The fourth-order valence-corrected chi connectivity index (χ4v) is 7.41. The van der Waals surface area contributed by atoms with Crippen molar-refractivity contribution >= 4 is 33.4 Å². The largest absolute Gasteiger partial charge is 0.459 e. The number of hydrogen-bond donors (Lipinski definition) is 7. The molecule has 10 atom stereocenters. The maximum atomic E-state index is 13.8. The molecule has 2 aromatic carbocycles. The predicted molar refractivity (Wildman–Crippen MR) is 180 cm³/mol. The highest BCUT2D eigenvalue weighted by Crippen LogP contribution is 2.33. The predicted octanol–water partition coefficient (Wildman–Crippen LogP) is 2.93. The third-order valence-corrected chi connectivity index (χ3v) is 10.8. The molecule has 48 heavy (non-hydrogen) atoms. The minimum absolute atomic E-state index is 0.0361. The summed E-state index contributed by atoms with van der Waals surface area (Å²) < 4.78 is 33.8. The highest BCUT2D eigenvalue weighted by atomic mass is 32.2. The van der Waals surface area contributed by atoms with Gasteiger partial charge in [0.1, 0.15) is 17.8 Å². The quantitative estimate of drug-likeness (QED) is 0.228. The van der Waals surface area contributed by atoms with E-state index >= 15 is 0 Å². The number of carbonyl (C=O) groups is 2. The summed E-state index contributed by atoms with van der Waals surface area (Å²) >= 11 is 0. The van der Waals surface area contributed by atoms with Gasteiger partial charge in [-0.25, -0.2) is 13.2 Å². The lowest BCUT2D eigenvalue weighted by Gasteiger charge is -2.43. The first-order valence-electron chi connectivity index (χ1n) is 16.2. The standard InChI is InChI=1S/C34H51N3O10S/c1-8-27-34(7,44)30(40)23(5)37(19-20(2)18-33(6,43)29(39)21(3)28(38)22(4)31(41)47-27)32(42)35-24-14-16-26(17-15-24)48(45,46)36-25-12-10-9-11-13-25/h9-17,20-23,27-30,36,38-40,43-44H,8,18-19H2,1-7H3,(H,35,42)/t20-,21+,22-,23-,27-,28+,29-,30-,33+,34-/m1/s1. The molecule has 2 amide bonds. The Bertz CT molecular complexity index is 1490. The third-order valence-electron chi connectivity index (χ3n) is 9.36. The molecule has 0 aromatic heterocycles. The van der Waals surface area contributed by atoms with Gasteiger partial charge in [0.25, 0.3) is 10.0 Å². The van der Waals surface area contributed by atoms with Crippen molar-refractivity contribution in [2.75, 3.05) is 16.6 Å². The van der Waals surface area contributed by atoms with Crippen molar-refractivity contribution in [3.63, 3.8) is 0 Å². The van der Waals surface area contributed by atoms with Crippen LogP contribution in [-0.4, -0.2) is 99.1 Å². The number of hydrogen-bond acceptors (Lipinski definition) is 10. The zero-order valence-corrected chi connectivity index (χ0v) is 29.4. The van der Waals surface area contributed by atoms with E-state index in [1.807, 2.05) is 0 Å². The zero-order valence-electron chi connectivity index (χ0n) is 28.6. The number of rotatable bonds is 5. The summed E-state index contributed by atoms with van der Waals surface area (Å²) in [5.41, 5.74) is -3.17. The topological polar surface area (TPSA) is 206 Å². The second-order valence-corrected chi connectivity index (χ2v) is 15.3. The number of anilines is 2. The van der Waals surface area contributed by atoms with Gasteiger partial charge in [-0.05, 0) is 82.9 Å². The molecule has 0 bridgehead atoms. The van der Waals surface area contributed by atoms with Crippen molar-refractivity contribution in [2.24, 2.45) is 17.8 Å². The maximum absolute atomic E-state index is 13.8. The van der Waals surface area contributed by atoms with Crippen LogP contribution in [0, 0.1) is 17.8 Å². The van der Waals surface area contributed by atoms with E-state index in [0.717, 1.165) is 0 Å². The Morgan fingerprint density at radius 3 is 2.08 bits per heavy atom. The molecule has 1 aliphatic heterocycles. The third kappa shape index (κ3) is 9.04. The Morgan fingerprint density at radius 1 is 0.938 bits per heavy atom. The molecule has 3 rings (SSSR count). The fraction of sp³-hybridized carbons (Fsp3) is 0.588. The first-order chi connectivity index (χ1) is 22.2. The van der Waals surface area contributed by atoms with Gasteiger partial charge >= 0.3 is 12.0 Å². The Balaban J connectivity index is 1.94. The Hall–Kier alpha value is -3.27. The van der Waals surface area contributed by atoms with Crippen molar-refractivity contribution in [1.29, 1.82) is 0 Å². The van der Waals surface area contributed by atoms with E-state index in [9.17, 15) is 43.5 Å². The number of benzene rings is 2. The molecule has 1 heterocycles. The van der Waals surface area contributed by atoms with E-state index in [2.05, 4.69) is 10.0 Å². The lowest BCUT2D eigenvalue weighted by Crippen LogP contribution is -2.61. The molecule has 7 N–H and O–H groups in total. The van der Waals surface area contributed by atoms with Crippen molar-refractivity contribution in [1.82, 2.24) is 4.90 Å². The summed E-state index contributed by atoms with van der Waals surface area (Å²) in [6, 6.07) is 12.1. The van der Waals surface area contributed by atoms with E-state index in [1.165, 1.54) is 63.8 Å². The first kappa shape index (κ1) is 39.2. The average Bonchev–Trinajstić information content (AvgIpc) is 3.03. The van der Waals surface area contributed by atoms with Crippen molar-refractivity contribution in [2.45, 2.75) is 108 Å². The van der Waals surface area contributed by atoms with Crippen LogP contribution in [-0.2, 0) is 19.6 Å². The summed E-state index contributed by atoms with van der Waals surface area (Å²) in [5, 5.41) is 59.1. The summed E-state index contributed by atoms with van der Waals surface area (Å²) in [6.45, 7) is 10.5. The van der Waals surface area contributed by atoms with Crippen LogP contribution in [0.15, 0.2) is 59.5 Å². The Kier molecular flexibility index (Phi) is 12.7. The van der Waals surface area contributed by atoms with Gasteiger partial charge in [0.05, 0.1) is 34.7 Å². The highest BCUT2D eigenvalue weighted by Gasteiger charge is 2.48. The SMILES string of the molecule is CC[C@H]1OC(=O)[C@H](C)[C@@H](O)[C@H](C)[C@@H](O)[C@@](C)(O)C[C@@H](C)CN(C(=O)Nc2ccc(S(=O)(=O)Nc3ccccc3)cc2)[C@H](C)[C@@H](O)[C@]1(C)O. The molecular weight excluding hydrogens is 642 g/mol. The molecule has 2 aromatic rings. The number of sulfonamides is 1. The van der Waals surface area contributed by atoms with Gasteiger partial charge < -0.3 is 40.5 Å². The summed E-state index contributed by atoms with van der Waals surface area (Å²) in [4.78, 5) is 28.1. The number of cyclic esters (lactones) is 1. The van der Waals surface area contributed by atoms with Crippen molar-refractivity contribution < 1.29 is 48.3 Å². The number of amides is 2. The molecule has 268 valence electrons. The van der Waals surface area contributed by atoms with Gasteiger partial charge in [0, 0.05) is 23.8 Å². The van der Waals surface area contributed by atoms with E-state index in [0.29, 0.717) is 5.69 Å². The molecule has 0 spiro atoms. The molecular formula is C34H51N3O10S. The van der Waals surface area contributed by atoms with Crippen LogP contribution in [0.2, 0.25) is 0 Å². The molecule has 1 aliphatic rings. The van der Waals surface area contributed by atoms with Crippen LogP contribution < -0.4 is 10.0 Å². The smallest absolute Gasteiger partial charge is 0.322 e. The highest BCUT2D eigenvalue weighted by molar-refractivity contribution is 7.92. The monoisotopic (exact) mass is 693 g/mol. The zero-order chi connectivity index (χ0) is 36.2. The van der Waals surface area contributed by atoms with E-state index in [1.54, 1.807) is 44.2 Å². The second-order valence-electron chi connectivity index (χ2n) is 13.6.